The molecular weight excluding hydrogens is 263 g/mol. The van der Waals surface area contributed by atoms with Gasteiger partial charge in [-0.3, -0.25) is 10.1 Å². The number of aromatic nitrogens is 2. The maximum Gasteiger partial charge on any atom is 0.306 e. The largest absolute Gasteiger partial charge is 0.308 e. The van der Waals surface area contributed by atoms with Crippen molar-refractivity contribution in [3.05, 3.63) is 52.1 Å². The molecule has 0 spiro atoms. The molecule has 2 aromatic rings. The number of nitro groups is 1. The zero-order valence-corrected chi connectivity index (χ0v) is 10.6. The Balaban J connectivity index is 1.81. The molecule has 1 heterocycles. The molecular formula is C13H13FN4O2. The molecule has 6 nitrogen and oxygen atoms in total. The predicted octanol–water partition coefficient (Wildman–Crippen LogP) is 2.17. The summed E-state index contributed by atoms with van der Waals surface area (Å²) >= 11 is 0. The van der Waals surface area contributed by atoms with E-state index in [9.17, 15) is 14.5 Å². The van der Waals surface area contributed by atoms with Crippen molar-refractivity contribution in [3.63, 3.8) is 0 Å². The fourth-order valence-electron chi connectivity index (χ4n) is 1.92. The number of nitrogens with zero attached hydrogens (tertiary/aromatic N) is 3. The van der Waals surface area contributed by atoms with Crippen molar-refractivity contribution in [2.24, 2.45) is 0 Å². The van der Waals surface area contributed by atoms with Crippen LogP contribution in [0.2, 0.25) is 0 Å². The van der Waals surface area contributed by atoms with Crippen LogP contribution < -0.4 is 5.32 Å². The highest BCUT2D eigenvalue weighted by atomic mass is 19.1. The van der Waals surface area contributed by atoms with Crippen LogP contribution in [-0.2, 0) is 6.54 Å². The van der Waals surface area contributed by atoms with Gasteiger partial charge in [-0.05, 0) is 31.0 Å². The smallest absolute Gasteiger partial charge is 0.306 e. The van der Waals surface area contributed by atoms with Crippen LogP contribution in [0, 0.1) is 15.9 Å². The summed E-state index contributed by atoms with van der Waals surface area (Å²) in [5.74, 6) is -0.846. The fourth-order valence-corrected chi connectivity index (χ4v) is 1.92. The molecule has 0 bridgehead atoms. The molecule has 1 saturated carbocycles. The van der Waals surface area contributed by atoms with Crippen LogP contribution in [-0.4, -0.2) is 20.7 Å². The third-order valence-electron chi connectivity index (χ3n) is 3.18. The lowest BCUT2D eigenvalue weighted by molar-refractivity contribution is -0.387. The van der Waals surface area contributed by atoms with Gasteiger partial charge in [0.15, 0.2) is 0 Å². The minimum absolute atomic E-state index is 0.468. The van der Waals surface area contributed by atoms with Crippen molar-refractivity contribution in [2.75, 3.05) is 0 Å². The third-order valence-corrected chi connectivity index (χ3v) is 3.18. The van der Waals surface area contributed by atoms with Crippen LogP contribution in [0.25, 0.3) is 5.69 Å². The Hall–Kier alpha value is -2.28. The van der Waals surface area contributed by atoms with Crippen LogP contribution in [0.4, 0.5) is 10.1 Å². The van der Waals surface area contributed by atoms with Gasteiger partial charge in [-0.2, -0.15) is 9.49 Å². The number of benzene rings is 1. The second-order valence-electron chi connectivity index (χ2n) is 4.80. The first-order valence-electron chi connectivity index (χ1n) is 6.36. The van der Waals surface area contributed by atoms with Gasteiger partial charge in [0, 0.05) is 24.8 Å². The Morgan fingerprint density at radius 2 is 2.25 bits per heavy atom. The van der Waals surface area contributed by atoms with Crippen LogP contribution in [0.1, 0.15) is 18.5 Å². The summed E-state index contributed by atoms with van der Waals surface area (Å²) in [7, 11) is 0. The molecule has 0 saturated heterocycles. The van der Waals surface area contributed by atoms with Crippen molar-refractivity contribution >= 4 is 5.69 Å². The highest BCUT2D eigenvalue weighted by molar-refractivity contribution is 5.43. The minimum atomic E-state index is -0.846. The number of nitrogens with one attached hydrogen (secondary N) is 1. The van der Waals surface area contributed by atoms with E-state index >= 15 is 0 Å². The molecule has 20 heavy (non-hydrogen) atoms. The van der Waals surface area contributed by atoms with Gasteiger partial charge in [0.2, 0.25) is 5.82 Å². The molecule has 3 rings (SSSR count). The van der Waals surface area contributed by atoms with Gasteiger partial charge in [-0.25, -0.2) is 4.68 Å². The Morgan fingerprint density at radius 3 is 2.95 bits per heavy atom. The van der Waals surface area contributed by atoms with E-state index < -0.39 is 16.4 Å². The standard InChI is InChI=1S/C13H13FN4O2/c14-12-4-3-11(7-13(12)18(19)20)17-6-5-10(16-17)8-15-9-1-2-9/h3-7,9,15H,1-2,8H2. The quantitative estimate of drug-likeness (QED) is 0.671. The number of nitro benzene ring substituents is 1. The Labute approximate surface area is 114 Å². The number of rotatable bonds is 5. The molecule has 7 heteroatoms. The van der Waals surface area contributed by atoms with Crippen LogP contribution in [0.15, 0.2) is 30.5 Å². The molecule has 1 fully saturated rings. The third kappa shape index (κ3) is 2.67. The van der Waals surface area contributed by atoms with Crippen LogP contribution in [0.3, 0.4) is 0 Å². The highest BCUT2D eigenvalue weighted by Gasteiger charge is 2.20. The van der Waals surface area contributed by atoms with Crippen molar-refractivity contribution in [2.45, 2.75) is 25.4 Å². The molecule has 1 aliphatic carbocycles. The summed E-state index contributed by atoms with van der Waals surface area (Å²) in [6.07, 6.45) is 4.11. The maximum atomic E-state index is 13.3. The normalized spacial score (nSPS) is 14.4. The number of hydrogen-bond acceptors (Lipinski definition) is 4. The summed E-state index contributed by atoms with van der Waals surface area (Å²) in [6.45, 7) is 0.668. The van der Waals surface area contributed by atoms with E-state index in [-0.39, 0.29) is 0 Å². The molecule has 1 N–H and O–H groups in total. The van der Waals surface area contributed by atoms with Crippen molar-refractivity contribution < 1.29 is 9.31 Å². The summed E-state index contributed by atoms with van der Waals surface area (Å²) in [6, 6.07) is 6.16. The predicted molar refractivity (Wildman–Crippen MR) is 70.0 cm³/mol. The molecule has 0 radical (unpaired) electrons. The second kappa shape index (κ2) is 5.01. The lowest BCUT2D eigenvalue weighted by atomic mass is 10.2. The van der Waals surface area contributed by atoms with E-state index in [0.717, 1.165) is 11.8 Å². The van der Waals surface area contributed by atoms with E-state index in [1.807, 2.05) is 6.07 Å². The van der Waals surface area contributed by atoms with Crippen molar-refractivity contribution in [3.8, 4) is 5.69 Å². The summed E-state index contributed by atoms with van der Waals surface area (Å²) < 4.78 is 14.8. The average molecular weight is 276 g/mol. The first-order valence-corrected chi connectivity index (χ1v) is 6.36. The van der Waals surface area contributed by atoms with Crippen LogP contribution in [0.5, 0.6) is 0 Å². The summed E-state index contributed by atoms with van der Waals surface area (Å²) in [5, 5.41) is 18.4. The summed E-state index contributed by atoms with van der Waals surface area (Å²) in [5.41, 5.74) is 0.773. The molecule has 104 valence electrons. The monoisotopic (exact) mass is 276 g/mol. The van der Waals surface area contributed by atoms with Gasteiger partial charge in [-0.1, -0.05) is 0 Å². The van der Waals surface area contributed by atoms with Gasteiger partial charge in [0.1, 0.15) is 0 Å². The van der Waals surface area contributed by atoms with E-state index in [4.69, 9.17) is 0 Å². The minimum Gasteiger partial charge on any atom is -0.308 e. The molecule has 1 aliphatic rings. The summed E-state index contributed by atoms with van der Waals surface area (Å²) in [4.78, 5) is 9.98. The Morgan fingerprint density at radius 1 is 1.45 bits per heavy atom. The fraction of sp³-hybridized carbons (Fsp3) is 0.308. The zero-order valence-electron chi connectivity index (χ0n) is 10.6. The van der Waals surface area contributed by atoms with Gasteiger partial charge in [0.05, 0.1) is 16.3 Å². The lowest BCUT2D eigenvalue weighted by Gasteiger charge is -2.02. The Kier molecular flexibility index (Phi) is 3.19. The number of hydrogen-bond donors (Lipinski definition) is 1. The van der Waals surface area contributed by atoms with Gasteiger partial charge in [0.25, 0.3) is 0 Å². The van der Waals surface area contributed by atoms with E-state index in [0.29, 0.717) is 18.3 Å². The van der Waals surface area contributed by atoms with E-state index in [2.05, 4.69) is 10.4 Å². The van der Waals surface area contributed by atoms with Gasteiger partial charge in [-0.15, -0.1) is 0 Å². The SMILES string of the molecule is O=[N+]([O-])c1cc(-n2ccc(CNC3CC3)n2)ccc1F. The van der Waals surface area contributed by atoms with E-state index in [1.165, 1.54) is 29.7 Å². The van der Waals surface area contributed by atoms with E-state index in [1.54, 1.807) is 6.20 Å². The zero-order chi connectivity index (χ0) is 14.1. The highest BCUT2D eigenvalue weighted by Crippen LogP contribution is 2.21. The number of halogens is 1. The topological polar surface area (TPSA) is 73.0 Å². The van der Waals surface area contributed by atoms with Crippen LogP contribution >= 0.6 is 0 Å². The average Bonchev–Trinajstić information content (AvgIpc) is 3.14. The van der Waals surface area contributed by atoms with Gasteiger partial charge >= 0.3 is 5.69 Å². The van der Waals surface area contributed by atoms with Crippen molar-refractivity contribution in [1.82, 2.24) is 15.1 Å². The molecule has 0 aliphatic heterocycles. The first kappa shape index (κ1) is 12.7. The molecule has 1 aromatic carbocycles. The molecule has 0 amide bonds. The molecule has 1 aromatic heterocycles. The molecule has 0 unspecified atom stereocenters. The lowest BCUT2D eigenvalue weighted by Crippen LogP contribution is -2.15. The van der Waals surface area contributed by atoms with Gasteiger partial charge < -0.3 is 5.32 Å². The Bertz CT molecular complexity index is 652. The van der Waals surface area contributed by atoms with Crippen molar-refractivity contribution in [1.29, 1.82) is 0 Å². The molecule has 0 atom stereocenters. The first-order chi connectivity index (χ1) is 9.63. The second-order valence-corrected chi connectivity index (χ2v) is 4.80. The maximum absolute atomic E-state index is 13.3.